The zero-order valence-electron chi connectivity index (χ0n) is 15.1. The molecule has 0 saturated heterocycles. The lowest BCUT2D eigenvalue weighted by atomic mass is 10.0. The SMILES string of the molecule is C=C(C)C(=O)Oc1c(NC)cc(Oc2ccccc2)c2cc(C)ccc12. The Morgan fingerprint density at radius 2 is 1.77 bits per heavy atom. The fourth-order valence-electron chi connectivity index (χ4n) is 2.65. The minimum Gasteiger partial charge on any atom is -0.457 e. The number of nitrogens with one attached hydrogen (secondary N) is 1. The summed E-state index contributed by atoms with van der Waals surface area (Å²) < 4.78 is 11.7. The molecule has 0 amide bonds. The van der Waals surface area contributed by atoms with Crippen LogP contribution in [-0.4, -0.2) is 13.0 Å². The van der Waals surface area contributed by atoms with Gasteiger partial charge in [-0.3, -0.25) is 0 Å². The van der Waals surface area contributed by atoms with E-state index >= 15 is 0 Å². The van der Waals surface area contributed by atoms with Crippen LogP contribution in [0.4, 0.5) is 5.69 Å². The van der Waals surface area contributed by atoms with Gasteiger partial charge in [0.15, 0.2) is 5.75 Å². The molecule has 4 heteroatoms. The molecule has 0 aliphatic rings. The van der Waals surface area contributed by atoms with Gasteiger partial charge in [-0.25, -0.2) is 4.79 Å². The highest BCUT2D eigenvalue weighted by Gasteiger charge is 2.17. The van der Waals surface area contributed by atoms with Gasteiger partial charge in [0.05, 0.1) is 5.69 Å². The molecule has 132 valence electrons. The lowest BCUT2D eigenvalue weighted by molar-refractivity contribution is -0.129. The van der Waals surface area contributed by atoms with Gasteiger partial charge >= 0.3 is 5.97 Å². The highest BCUT2D eigenvalue weighted by atomic mass is 16.5. The van der Waals surface area contributed by atoms with Crippen molar-refractivity contribution in [2.45, 2.75) is 13.8 Å². The lowest BCUT2D eigenvalue weighted by Crippen LogP contribution is -2.10. The fraction of sp³-hybridized carbons (Fsp3) is 0.136. The van der Waals surface area contributed by atoms with Gasteiger partial charge < -0.3 is 14.8 Å². The van der Waals surface area contributed by atoms with Crippen molar-refractivity contribution in [2.75, 3.05) is 12.4 Å². The first-order valence-corrected chi connectivity index (χ1v) is 8.35. The Balaban J connectivity index is 2.18. The quantitative estimate of drug-likeness (QED) is 0.378. The second kappa shape index (κ2) is 7.31. The predicted molar refractivity (Wildman–Crippen MR) is 105 cm³/mol. The Labute approximate surface area is 153 Å². The Bertz CT molecular complexity index is 978. The van der Waals surface area contributed by atoms with Crippen LogP contribution in [0.25, 0.3) is 10.8 Å². The Hall–Kier alpha value is -3.27. The number of hydrogen-bond acceptors (Lipinski definition) is 4. The van der Waals surface area contributed by atoms with E-state index in [2.05, 4.69) is 11.9 Å². The summed E-state index contributed by atoms with van der Waals surface area (Å²) in [7, 11) is 1.78. The Kier molecular flexibility index (Phi) is 4.94. The molecule has 0 aromatic heterocycles. The standard InChI is InChI=1S/C22H21NO3/c1-14(2)22(24)26-21-17-11-10-15(3)12-18(17)20(13-19(21)23-4)25-16-8-6-5-7-9-16/h5-13,23H,1H2,2-4H3. The van der Waals surface area contributed by atoms with Crippen LogP contribution in [0, 0.1) is 6.92 Å². The number of ether oxygens (including phenoxy) is 2. The number of para-hydroxylation sites is 1. The van der Waals surface area contributed by atoms with Crippen LogP contribution in [0.5, 0.6) is 17.2 Å². The molecule has 0 unspecified atom stereocenters. The maximum Gasteiger partial charge on any atom is 0.338 e. The lowest BCUT2D eigenvalue weighted by Gasteiger charge is -2.17. The smallest absolute Gasteiger partial charge is 0.338 e. The van der Waals surface area contributed by atoms with Crippen LogP contribution in [0.1, 0.15) is 12.5 Å². The summed E-state index contributed by atoms with van der Waals surface area (Å²) in [6, 6.07) is 17.4. The third-order valence-electron chi connectivity index (χ3n) is 3.99. The third kappa shape index (κ3) is 3.54. The Morgan fingerprint density at radius 1 is 1.04 bits per heavy atom. The van der Waals surface area contributed by atoms with E-state index in [0.717, 1.165) is 22.1 Å². The van der Waals surface area contributed by atoms with Crippen LogP contribution in [0.15, 0.2) is 66.7 Å². The molecular formula is C22H21NO3. The number of aryl methyl sites for hydroxylation is 1. The van der Waals surface area contributed by atoms with Crippen molar-refractivity contribution >= 4 is 22.4 Å². The van der Waals surface area contributed by atoms with Crippen molar-refractivity contribution in [2.24, 2.45) is 0 Å². The molecule has 0 bridgehead atoms. The summed E-state index contributed by atoms with van der Waals surface area (Å²) in [6.07, 6.45) is 0. The van der Waals surface area contributed by atoms with Gasteiger partial charge in [0.1, 0.15) is 11.5 Å². The maximum atomic E-state index is 12.1. The summed E-state index contributed by atoms with van der Waals surface area (Å²) in [4.78, 5) is 12.1. The molecule has 0 aliphatic heterocycles. The molecule has 0 heterocycles. The van der Waals surface area contributed by atoms with Gasteiger partial charge in [0.25, 0.3) is 0 Å². The van der Waals surface area contributed by atoms with E-state index < -0.39 is 5.97 Å². The molecule has 0 aliphatic carbocycles. The summed E-state index contributed by atoms with van der Waals surface area (Å²) in [6.45, 7) is 7.29. The number of fused-ring (bicyclic) bond motifs is 1. The number of anilines is 1. The van der Waals surface area contributed by atoms with Crippen molar-refractivity contribution < 1.29 is 14.3 Å². The minimum atomic E-state index is -0.458. The zero-order chi connectivity index (χ0) is 18.7. The van der Waals surface area contributed by atoms with Crippen molar-refractivity contribution in [3.63, 3.8) is 0 Å². The van der Waals surface area contributed by atoms with Gasteiger partial charge in [-0.15, -0.1) is 0 Å². The Morgan fingerprint density at radius 3 is 2.42 bits per heavy atom. The molecule has 0 fully saturated rings. The second-order valence-electron chi connectivity index (χ2n) is 6.14. The number of carbonyl (C=O) groups excluding carboxylic acids is 1. The van der Waals surface area contributed by atoms with Crippen LogP contribution >= 0.6 is 0 Å². The van der Waals surface area contributed by atoms with E-state index in [1.54, 1.807) is 14.0 Å². The first-order chi connectivity index (χ1) is 12.5. The molecule has 1 N–H and O–H groups in total. The fourth-order valence-corrected chi connectivity index (χ4v) is 2.65. The van der Waals surface area contributed by atoms with Crippen molar-refractivity contribution in [3.05, 3.63) is 72.3 Å². The van der Waals surface area contributed by atoms with Gasteiger partial charge in [-0.2, -0.15) is 0 Å². The first-order valence-electron chi connectivity index (χ1n) is 8.35. The zero-order valence-corrected chi connectivity index (χ0v) is 15.1. The van der Waals surface area contributed by atoms with Crippen LogP contribution in [0.3, 0.4) is 0 Å². The van der Waals surface area contributed by atoms with Gasteiger partial charge in [0, 0.05) is 29.5 Å². The molecular weight excluding hydrogens is 326 g/mol. The molecule has 3 aromatic carbocycles. The molecule has 0 radical (unpaired) electrons. The molecule has 3 aromatic rings. The molecule has 0 spiro atoms. The minimum absolute atomic E-state index is 0.344. The summed E-state index contributed by atoms with van der Waals surface area (Å²) in [5, 5.41) is 4.75. The van der Waals surface area contributed by atoms with Crippen LogP contribution in [0.2, 0.25) is 0 Å². The number of hydrogen-bond donors (Lipinski definition) is 1. The second-order valence-corrected chi connectivity index (χ2v) is 6.14. The van der Waals surface area contributed by atoms with Gasteiger partial charge in [0.2, 0.25) is 0 Å². The van der Waals surface area contributed by atoms with Crippen molar-refractivity contribution in [1.29, 1.82) is 0 Å². The van der Waals surface area contributed by atoms with E-state index in [-0.39, 0.29) is 0 Å². The van der Waals surface area contributed by atoms with Gasteiger partial charge in [-0.1, -0.05) is 42.5 Å². The number of rotatable bonds is 5. The third-order valence-corrected chi connectivity index (χ3v) is 3.99. The summed E-state index contributed by atoms with van der Waals surface area (Å²) in [5.41, 5.74) is 2.10. The first kappa shape index (κ1) is 17.5. The van der Waals surface area contributed by atoms with E-state index in [0.29, 0.717) is 22.8 Å². The number of esters is 1. The summed E-state index contributed by atoms with van der Waals surface area (Å²) >= 11 is 0. The highest BCUT2D eigenvalue weighted by molar-refractivity contribution is 6.01. The topological polar surface area (TPSA) is 47.6 Å². The number of benzene rings is 3. The monoisotopic (exact) mass is 347 g/mol. The summed E-state index contributed by atoms with van der Waals surface area (Å²) in [5.74, 6) is 1.44. The van der Waals surface area contributed by atoms with Crippen molar-refractivity contribution in [3.8, 4) is 17.2 Å². The molecule has 0 saturated carbocycles. The van der Waals surface area contributed by atoms with Crippen molar-refractivity contribution in [1.82, 2.24) is 0 Å². The van der Waals surface area contributed by atoms with E-state index in [9.17, 15) is 4.79 Å². The van der Waals surface area contributed by atoms with Crippen LogP contribution < -0.4 is 14.8 Å². The predicted octanol–water partition coefficient (Wildman–Crippen LogP) is 5.46. The molecule has 0 atom stereocenters. The van der Waals surface area contributed by atoms with Gasteiger partial charge in [-0.05, 0) is 32.0 Å². The molecule has 26 heavy (non-hydrogen) atoms. The average molecular weight is 347 g/mol. The number of carbonyl (C=O) groups is 1. The maximum absolute atomic E-state index is 12.1. The average Bonchev–Trinajstić information content (AvgIpc) is 2.64. The normalized spacial score (nSPS) is 10.4. The molecule has 4 nitrogen and oxygen atoms in total. The largest absolute Gasteiger partial charge is 0.457 e. The van der Waals surface area contributed by atoms with E-state index in [1.807, 2.05) is 61.5 Å². The molecule has 3 rings (SSSR count). The van der Waals surface area contributed by atoms with Crippen LogP contribution in [-0.2, 0) is 4.79 Å². The highest BCUT2D eigenvalue weighted by Crippen LogP contribution is 2.42. The van der Waals surface area contributed by atoms with E-state index in [4.69, 9.17) is 9.47 Å². The van der Waals surface area contributed by atoms with E-state index in [1.165, 1.54) is 0 Å².